The molecule has 17 heavy (non-hydrogen) atoms. The summed E-state index contributed by atoms with van der Waals surface area (Å²) < 4.78 is 10.1. The average Bonchev–Trinajstić information content (AvgIpc) is 2.29. The zero-order chi connectivity index (χ0) is 12.9. The van der Waals surface area contributed by atoms with E-state index in [0.29, 0.717) is 18.0 Å². The van der Waals surface area contributed by atoms with Crippen LogP contribution in [-0.2, 0) is 0 Å². The number of rotatable bonds is 4. The Kier molecular flexibility index (Phi) is 4.34. The van der Waals surface area contributed by atoms with E-state index in [9.17, 15) is 4.79 Å². The summed E-state index contributed by atoms with van der Waals surface area (Å²) in [4.78, 5) is 11.5. The summed E-state index contributed by atoms with van der Waals surface area (Å²) in [5, 5.41) is 2.67. The van der Waals surface area contributed by atoms with Gasteiger partial charge in [0.05, 0.1) is 7.11 Å². The van der Waals surface area contributed by atoms with E-state index in [4.69, 9.17) is 15.2 Å². The van der Waals surface area contributed by atoms with Crippen LogP contribution in [0.1, 0.15) is 13.8 Å². The Morgan fingerprint density at radius 3 is 2.29 bits per heavy atom. The first-order valence-corrected chi connectivity index (χ1v) is 5.31. The highest BCUT2D eigenvalue weighted by atomic mass is 16.6. The van der Waals surface area contributed by atoms with Crippen molar-refractivity contribution in [1.82, 2.24) is 5.32 Å². The average molecular weight is 238 g/mol. The van der Waals surface area contributed by atoms with Gasteiger partial charge in [0.15, 0.2) is 0 Å². The Labute approximate surface area is 101 Å². The maximum atomic E-state index is 11.5. The van der Waals surface area contributed by atoms with Crippen molar-refractivity contribution in [3.05, 3.63) is 24.3 Å². The van der Waals surface area contributed by atoms with Gasteiger partial charge in [0.25, 0.3) is 0 Å². The lowest BCUT2D eigenvalue weighted by atomic mass is 10.1. The number of nitrogens with two attached hydrogens (primary N) is 1. The molecule has 0 aliphatic rings. The highest BCUT2D eigenvalue weighted by Gasteiger charge is 2.19. The molecule has 0 radical (unpaired) electrons. The van der Waals surface area contributed by atoms with E-state index in [1.807, 2.05) is 13.8 Å². The van der Waals surface area contributed by atoms with Crippen LogP contribution < -0.4 is 20.5 Å². The lowest BCUT2D eigenvalue weighted by molar-refractivity contribution is 0.189. The zero-order valence-corrected chi connectivity index (χ0v) is 10.3. The van der Waals surface area contributed by atoms with Crippen molar-refractivity contribution in [2.75, 3.05) is 13.7 Å². The van der Waals surface area contributed by atoms with E-state index in [0.717, 1.165) is 0 Å². The molecular formula is C12H18N2O3. The van der Waals surface area contributed by atoms with Gasteiger partial charge in [-0.15, -0.1) is 0 Å². The normalized spacial score (nSPS) is 10.8. The third-order valence-electron chi connectivity index (χ3n) is 2.22. The molecule has 94 valence electrons. The van der Waals surface area contributed by atoms with Crippen LogP contribution in [0.2, 0.25) is 0 Å². The smallest absolute Gasteiger partial charge is 0.413 e. The highest BCUT2D eigenvalue weighted by Crippen LogP contribution is 2.17. The summed E-state index contributed by atoms with van der Waals surface area (Å²) in [5.74, 6) is 1.16. The van der Waals surface area contributed by atoms with Gasteiger partial charge in [0, 0.05) is 12.1 Å². The summed E-state index contributed by atoms with van der Waals surface area (Å²) in [7, 11) is 1.58. The summed E-state index contributed by atoms with van der Waals surface area (Å²) in [6.45, 7) is 3.98. The summed E-state index contributed by atoms with van der Waals surface area (Å²) in [5.41, 5.74) is 5.02. The molecule has 1 aromatic carbocycles. The number of carbonyl (C=O) groups excluding carboxylic acids is 1. The van der Waals surface area contributed by atoms with E-state index in [2.05, 4.69) is 5.32 Å². The van der Waals surface area contributed by atoms with Crippen LogP contribution in [0.4, 0.5) is 4.79 Å². The summed E-state index contributed by atoms with van der Waals surface area (Å²) in [6.07, 6.45) is -0.523. The molecule has 0 aromatic heterocycles. The second-order valence-corrected chi connectivity index (χ2v) is 4.28. The van der Waals surface area contributed by atoms with Crippen LogP contribution in [0.3, 0.4) is 0 Å². The minimum atomic E-state index is -0.523. The van der Waals surface area contributed by atoms with Gasteiger partial charge in [-0.1, -0.05) is 0 Å². The van der Waals surface area contributed by atoms with Crippen molar-refractivity contribution >= 4 is 6.09 Å². The second kappa shape index (κ2) is 5.54. The molecule has 1 aromatic rings. The van der Waals surface area contributed by atoms with E-state index < -0.39 is 11.6 Å². The molecule has 3 N–H and O–H groups in total. The molecule has 1 amide bonds. The van der Waals surface area contributed by atoms with Crippen LogP contribution in [0.15, 0.2) is 24.3 Å². The Morgan fingerprint density at radius 1 is 1.29 bits per heavy atom. The number of ether oxygens (including phenoxy) is 2. The molecule has 0 saturated carbocycles. The first-order chi connectivity index (χ1) is 7.96. The zero-order valence-electron chi connectivity index (χ0n) is 10.3. The number of amides is 1. The van der Waals surface area contributed by atoms with Gasteiger partial charge in [0.2, 0.25) is 0 Å². The van der Waals surface area contributed by atoms with Crippen molar-refractivity contribution in [3.63, 3.8) is 0 Å². The van der Waals surface area contributed by atoms with Crippen molar-refractivity contribution in [1.29, 1.82) is 0 Å². The lowest BCUT2D eigenvalue weighted by Crippen LogP contribution is -2.49. The highest BCUT2D eigenvalue weighted by molar-refractivity contribution is 5.71. The van der Waals surface area contributed by atoms with Crippen LogP contribution >= 0.6 is 0 Å². The fourth-order valence-electron chi connectivity index (χ4n) is 1.10. The molecule has 0 spiro atoms. The monoisotopic (exact) mass is 238 g/mol. The predicted octanol–water partition coefficient (Wildman–Crippen LogP) is 1.52. The molecule has 0 unspecified atom stereocenters. The van der Waals surface area contributed by atoms with Crippen molar-refractivity contribution < 1.29 is 14.3 Å². The number of hydrogen-bond donors (Lipinski definition) is 2. The van der Waals surface area contributed by atoms with Gasteiger partial charge in [-0.3, -0.25) is 0 Å². The Morgan fingerprint density at radius 2 is 1.82 bits per heavy atom. The third kappa shape index (κ3) is 4.32. The van der Waals surface area contributed by atoms with Gasteiger partial charge in [0.1, 0.15) is 11.5 Å². The molecule has 5 nitrogen and oxygen atoms in total. The van der Waals surface area contributed by atoms with Gasteiger partial charge in [-0.2, -0.15) is 0 Å². The van der Waals surface area contributed by atoms with E-state index in [-0.39, 0.29) is 0 Å². The summed E-state index contributed by atoms with van der Waals surface area (Å²) in [6, 6.07) is 6.76. The largest absolute Gasteiger partial charge is 0.497 e. The molecule has 0 bridgehead atoms. The fraction of sp³-hybridized carbons (Fsp3) is 0.417. The number of nitrogens with one attached hydrogen (secondary N) is 1. The first-order valence-electron chi connectivity index (χ1n) is 5.31. The molecular weight excluding hydrogens is 220 g/mol. The van der Waals surface area contributed by atoms with Gasteiger partial charge >= 0.3 is 6.09 Å². The number of methoxy groups -OCH3 is 1. The van der Waals surface area contributed by atoms with Crippen LogP contribution in [0, 0.1) is 0 Å². The number of benzene rings is 1. The standard InChI is InChI=1S/C12H18N2O3/c1-12(2,8-13)14-11(15)17-10-6-4-9(16-3)5-7-10/h4-7H,8,13H2,1-3H3,(H,14,15). The van der Waals surface area contributed by atoms with Gasteiger partial charge in [-0.25, -0.2) is 4.79 Å². The fourth-order valence-corrected chi connectivity index (χ4v) is 1.10. The minimum Gasteiger partial charge on any atom is -0.497 e. The summed E-state index contributed by atoms with van der Waals surface area (Å²) >= 11 is 0. The number of carbonyl (C=O) groups is 1. The van der Waals surface area contributed by atoms with Crippen molar-refractivity contribution in [2.24, 2.45) is 5.73 Å². The Hall–Kier alpha value is -1.75. The molecule has 0 heterocycles. The Bertz CT molecular complexity index is 374. The van der Waals surface area contributed by atoms with Crippen LogP contribution in [0.25, 0.3) is 0 Å². The SMILES string of the molecule is COc1ccc(OC(=O)NC(C)(C)CN)cc1. The molecule has 0 aliphatic heterocycles. The lowest BCUT2D eigenvalue weighted by Gasteiger charge is -2.23. The minimum absolute atomic E-state index is 0.338. The van der Waals surface area contributed by atoms with Crippen molar-refractivity contribution in [2.45, 2.75) is 19.4 Å². The second-order valence-electron chi connectivity index (χ2n) is 4.28. The number of hydrogen-bond acceptors (Lipinski definition) is 4. The molecule has 0 atom stereocenters. The molecule has 0 aliphatic carbocycles. The quantitative estimate of drug-likeness (QED) is 0.834. The van der Waals surface area contributed by atoms with Gasteiger partial charge < -0.3 is 20.5 Å². The molecule has 5 heteroatoms. The predicted molar refractivity (Wildman–Crippen MR) is 65.3 cm³/mol. The van der Waals surface area contributed by atoms with Crippen LogP contribution in [-0.4, -0.2) is 25.3 Å². The van der Waals surface area contributed by atoms with Gasteiger partial charge in [-0.05, 0) is 38.1 Å². The van der Waals surface area contributed by atoms with Crippen LogP contribution in [0.5, 0.6) is 11.5 Å². The van der Waals surface area contributed by atoms with E-state index in [1.54, 1.807) is 31.4 Å². The first kappa shape index (κ1) is 13.3. The third-order valence-corrected chi connectivity index (χ3v) is 2.22. The maximum absolute atomic E-state index is 11.5. The molecule has 0 saturated heterocycles. The molecule has 1 rings (SSSR count). The van der Waals surface area contributed by atoms with E-state index in [1.165, 1.54) is 0 Å². The van der Waals surface area contributed by atoms with E-state index >= 15 is 0 Å². The maximum Gasteiger partial charge on any atom is 0.413 e. The van der Waals surface area contributed by atoms with Crippen molar-refractivity contribution in [3.8, 4) is 11.5 Å². The molecule has 0 fully saturated rings. The Balaban J connectivity index is 2.56. The topological polar surface area (TPSA) is 73.6 Å².